The summed E-state index contributed by atoms with van der Waals surface area (Å²) in [5.74, 6) is -0.570. The molecule has 0 fully saturated rings. The number of benzene rings is 3. The highest BCUT2D eigenvalue weighted by molar-refractivity contribution is 6.03. The molecular formula is C24H17NO7. The van der Waals surface area contributed by atoms with Crippen LogP contribution in [0.1, 0.15) is 15.9 Å². The summed E-state index contributed by atoms with van der Waals surface area (Å²) in [7, 11) is 1.37. The Morgan fingerprint density at radius 2 is 1.78 bits per heavy atom. The van der Waals surface area contributed by atoms with Crippen molar-refractivity contribution in [1.82, 2.24) is 0 Å². The highest BCUT2D eigenvalue weighted by Crippen LogP contribution is 2.33. The van der Waals surface area contributed by atoms with Crippen LogP contribution in [0.5, 0.6) is 11.5 Å². The minimum atomic E-state index is -0.894. The van der Waals surface area contributed by atoms with Crippen LogP contribution in [-0.2, 0) is 0 Å². The Kier molecular flexibility index (Phi) is 5.43. The van der Waals surface area contributed by atoms with Gasteiger partial charge in [0.1, 0.15) is 17.1 Å². The third-order valence-corrected chi connectivity index (χ3v) is 4.97. The quantitative estimate of drug-likeness (QED) is 0.191. The number of hydrogen-bond acceptors (Lipinski definition) is 7. The van der Waals surface area contributed by atoms with Crippen molar-refractivity contribution in [3.63, 3.8) is 0 Å². The fourth-order valence-corrected chi connectivity index (χ4v) is 3.34. The first-order chi connectivity index (χ1) is 15.4. The van der Waals surface area contributed by atoms with Crippen LogP contribution in [0.3, 0.4) is 0 Å². The Labute approximate surface area is 181 Å². The Morgan fingerprint density at radius 1 is 1.03 bits per heavy atom. The molecule has 8 heteroatoms. The molecule has 0 saturated carbocycles. The lowest BCUT2D eigenvalue weighted by Gasteiger charge is -2.11. The van der Waals surface area contributed by atoms with Crippen LogP contribution in [0.15, 0.2) is 75.9 Å². The van der Waals surface area contributed by atoms with E-state index in [1.165, 1.54) is 31.4 Å². The fourth-order valence-electron chi connectivity index (χ4n) is 3.34. The van der Waals surface area contributed by atoms with E-state index in [0.717, 1.165) is 6.07 Å². The summed E-state index contributed by atoms with van der Waals surface area (Å²) in [5.41, 5.74) is 0.387. The third-order valence-electron chi connectivity index (χ3n) is 4.97. The van der Waals surface area contributed by atoms with Crippen molar-refractivity contribution in [3.05, 3.63) is 98.2 Å². The third kappa shape index (κ3) is 3.69. The van der Waals surface area contributed by atoms with E-state index in [9.17, 15) is 19.7 Å². The number of fused-ring (bicyclic) bond motifs is 1. The maximum absolute atomic E-state index is 13.0. The van der Waals surface area contributed by atoms with E-state index in [1.807, 2.05) is 18.2 Å². The molecular weight excluding hydrogens is 414 g/mol. The number of nitro groups is 1. The lowest BCUT2D eigenvalue weighted by Crippen LogP contribution is -2.13. The van der Waals surface area contributed by atoms with Crippen molar-refractivity contribution < 1.29 is 23.6 Å². The van der Waals surface area contributed by atoms with Gasteiger partial charge in [-0.3, -0.25) is 14.9 Å². The number of nitro benzene ring substituents is 1. The number of methoxy groups -OCH3 is 1. The number of rotatable bonds is 5. The summed E-state index contributed by atoms with van der Waals surface area (Å²) in [6.45, 7) is 1.65. The Balaban J connectivity index is 1.83. The molecule has 0 aliphatic rings. The number of esters is 1. The molecule has 0 bridgehead atoms. The maximum Gasteiger partial charge on any atom is 0.347 e. The smallest absolute Gasteiger partial charge is 0.347 e. The summed E-state index contributed by atoms with van der Waals surface area (Å²) < 4.78 is 16.3. The molecule has 0 saturated heterocycles. The molecule has 3 aromatic carbocycles. The highest BCUT2D eigenvalue weighted by atomic mass is 16.6. The molecule has 8 nitrogen and oxygen atoms in total. The molecule has 0 atom stereocenters. The van der Waals surface area contributed by atoms with Gasteiger partial charge in [-0.25, -0.2) is 4.79 Å². The molecule has 4 aromatic rings. The molecule has 160 valence electrons. The van der Waals surface area contributed by atoms with Crippen molar-refractivity contribution >= 4 is 22.6 Å². The van der Waals surface area contributed by atoms with Crippen LogP contribution in [0.2, 0.25) is 0 Å². The highest BCUT2D eigenvalue weighted by Gasteiger charge is 2.23. The van der Waals surface area contributed by atoms with E-state index in [0.29, 0.717) is 16.9 Å². The summed E-state index contributed by atoms with van der Waals surface area (Å²) in [6.07, 6.45) is 0. The normalized spacial score (nSPS) is 10.7. The second kappa shape index (κ2) is 8.35. The topological polar surface area (TPSA) is 109 Å². The van der Waals surface area contributed by atoms with E-state index in [4.69, 9.17) is 13.9 Å². The number of ether oxygens (including phenoxy) is 2. The van der Waals surface area contributed by atoms with Crippen LogP contribution in [0.25, 0.3) is 22.3 Å². The van der Waals surface area contributed by atoms with Crippen LogP contribution in [-0.4, -0.2) is 18.0 Å². The number of carbonyl (C=O) groups excluding carboxylic acids is 1. The first-order valence-electron chi connectivity index (χ1n) is 9.57. The van der Waals surface area contributed by atoms with Gasteiger partial charge in [-0.15, -0.1) is 0 Å². The summed E-state index contributed by atoms with van der Waals surface area (Å²) in [4.78, 5) is 36.6. The zero-order chi connectivity index (χ0) is 22.8. The molecule has 4 rings (SSSR count). The Morgan fingerprint density at radius 3 is 2.47 bits per heavy atom. The van der Waals surface area contributed by atoms with Crippen molar-refractivity contribution in [2.45, 2.75) is 6.92 Å². The number of carbonyl (C=O) groups is 1. The van der Waals surface area contributed by atoms with E-state index in [2.05, 4.69) is 0 Å². The molecule has 0 unspecified atom stereocenters. The van der Waals surface area contributed by atoms with Crippen molar-refractivity contribution in [3.8, 4) is 22.8 Å². The van der Waals surface area contributed by atoms with Crippen molar-refractivity contribution in [2.24, 2.45) is 0 Å². The maximum atomic E-state index is 13.0. The Hall–Kier alpha value is -4.46. The van der Waals surface area contributed by atoms with E-state index < -0.39 is 16.6 Å². The summed E-state index contributed by atoms with van der Waals surface area (Å²) in [6, 6.07) is 17.4. The van der Waals surface area contributed by atoms with Gasteiger partial charge in [0.15, 0.2) is 11.0 Å². The predicted molar refractivity (Wildman–Crippen MR) is 117 cm³/mol. The summed E-state index contributed by atoms with van der Waals surface area (Å²) >= 11 is 0. The van der Waals surface area contributed by atoms with Gasteiger partial charge >= 0.3 is 11.7 Å². The second-order valence-electron chi connectivity index (χ2n) is 6.91. The average molecular weight is 431 g/mol. The van der Waals surface area contributed by atoms with Crippen LogP contribution in [0.4, 0.5) is 5.69 Å². The first-order valence-corrected chi connectivity index (χ1v) is 9.57. The van der Waals surface area contributed by atoms with Gasteiger partial charge in [0, 0.05) is 11.1 Å². The van der Waals surface area contributed by atoms with Gasteiger partial charge in [-0.2, -0.15) is 0 Å². The molecule has 1 aromatic heterocycles. The molecule has 1 heterocycles. The fraction of sp³-hybridized carbons (Fsp3) is 0.0833. The zero-order valence-corrected chi connectivity index (χ0v) is 17.2. The SMILES string of the molecule is COc1ccc(OC(=O)c2cccc3c(=O)c(C)c(-c4ccccc4)oc23)c([N+](=O)[O-])c1. The lowest BCUT2D eigenvalue weighted by atomic mass is 10.0. The van der Waals surface area contributed by atoms with Crippen LogP contribution in [0, 0.1) is 17.0 Å². The molecule has 0 radical (unpaired) electrons. The van der Waals surface area contributed by atoms with Crippen molar-refractivity contribution in [2.75, 3.05) is 7.11 Å². The molecule has 0 aliphatic carbocycles. The number of para-hydroxylation sites is 1. The van der Waals surface area contributed by atoms with E-state index in [1.54, 1.807) is 25.1 Å². The standard InChI is InChI=1S/C24H17NO7/c1-14-21(26)17-9-6-10-18(23(17)32-22(14)15-7-4-3-5-8-15)24(27)31-20-12-11-16(30-2)13-19(20)25(28)29/h3-13H,1-2H3. The van der Waals surface area contributed by atoms with Crippen LogP contribution < -0.4 is 14.9 Å². The zero-order valence-electron chi connectivity index (χ0n) is 17.2. The monoisotopic (exact) mass is 431 g/mol. The molecule has 0 N–H and O–H groups in total. The largest absolute Gasteiger partial charge is 0.496 e. The molecule has 32 heavy (non-hydrogen) atoms. The van der Waals surface area contributed by atoms with Gasteiger partial charge in [-0.05, 0) is 31.2 Å². The van der Waals surface area contributed by atoms with Gasteiger partial charge in [-0.1, -0.05) is 36.4 Å². The predicted octanol–water partition coefficient (Wildman–Crippen LogP) is 4.90. The van der Waals surface area contributed by atoms with Gasteiger partial charge in [0.2, 0.25) is 5.75 Å². The minimum absolute atomic E-state index is 0.0260. The van der Waals surface area contributed by atoms with Gasteiger partial charge in [0.05, 0.1) is 23.5 Å². The lowest BCUT2D eigenvalue weighted by molar-refractivity contribution is -0.385. The number of nitrogens with zero attached hydrogens (tertiary/aromatic N) is 1. The van der Waals surface area contributed by atoms with Gasteiger partial charge in [0.25, 0.3) is 0 Å². The van der Waals surface area contributed by atoms with Gasteiger partial charge < -0.3 is 13.9 Å². The molecule has 0 amide bonds. The number of hydrogen-bond donors (Lipinski definition) is 0. The second-order valence-corrected chi connectivity index (χ2v) is 6.91. The minimum Gasteiger partial charge on any atom is -0.496 e. The van der Waals surface area contributed by atoms with Crippen LogP contribution >= 0.6 is 0 Å². The Bertz CT molecular complexity index is 1410. The van der Waals surface area contributed by atoms with Crippen molar-refractivity contribution in [1.29, 1.82) is 0 Å². The average Bonchev–Trinajstić information content (AvgIpc) is 2.81. The first kappa shape index (κ1) is 20.8. The van der Waals surface area contributed by atoms with E-state index in [-0.39, 0.29) is 33.5 Å². The molecule has 0 aliphatic heterocycles. The molecule has 0 spiro atoms. The van der Waals surface area contributed by atoms with E-state index >= 15 is 0 Å². The summed E-state index contributed by atoms with van der Waals surface area (Å²) in [5, 5.41) is 11.6.